The minimum absolute atomic E-state index is 0.0623. The number of ether oxygens (including phenoxy) is 1. The van der Waals surface area contributed by atoms with Crippen LogP contribution in [0.2, 0.25) is 0 Å². The van der Waals surface area contributed by atoms with Crippen LogP contribution in [0.3, 0.4) is 0 Å². The first-order chi connectivity index (χ1) is 11.4. The number of anilines is 1. The average molecular weight is 370 g/mol. The second-order valence-electron chi connectivity index (χ2n) is 6.33. The summed E-state index contributed by atoms with van der Waals surface area (Å²) < 4.78 is 33.4. The fourth-order valence-corrected chi connectivity index (χ4v) is 4.68. The second kappa shape index (κ2) is 6.85. The van der Waals surface area contributed by atoms with Crippen LogP contribution in [-0.4, -0.2) is 44.9 Å². The van der Waals surface area contributed by atoms with Crippen LogP contribution >= 0.6 is 11.3 Å². The van der Waals surface area contributed by atoms with Crippen molar-refractivity contribution in [1.29, 1.82) is 0 Å². The molecule has 0 amide bonds. The van der Waals surface area contributed by atoms with Crippen molar-refractivity contribution < 1.29 is 13.2 Å². The lowest BCUT2D eigenvalue weighted by atomic mass is 10.1. The molecule has 6 nitrogen and oxygen atoms in total. The van der Waals surface area contributed by atoms with Crippen LogP contribution in [0.15, 0.2) is 18.2 Å². The van der Waals surface area contributed by atoms with Crippen molar-refractivity contribution in [2.75, 3.05) is 25.1 Å². The normalized spacial score (nSPS) is 19.2. The molecule has 0 spiro atoms. The monoisotopic (exact) mass is 369 g/mol. The quantitative estimate of drug-likeness (QED) is 0.877. The Balaban J connectivity index is 1.77. The van der Waals surface area contributed by atoms with Crippen molar-refractivity contribution in [2.45, 2.75) is 38.0 Å². The third-order valence-electron chi connectivity index (χ3n) is 4.23. The molecule has 1 N–H and O–H groups in total. The molecule has 0 saturated carbocycles. The summed E-state index contributed by atoms with van der Waals surface area (Å²) in [6, 6.07) is 5.81. The Labute approximate surface area is 146 Å². The maximum Gasteiger partial charge on any atom is 0.214 e. The lowest BCUT2D eigenvalue weighted by Gasteiger charge is -2.33. The zero-order chi connectivity index (χ0) is 17.3. The van der Waals surface area contributed by atoms with Crippen LogP contribution in [0, 0.1) is 0 Å². The van der Waals surface area contributed by atoms with Crippen LogP contribution in [-0.2, 0) is 10.0 Å². The molecule has 8 heteroatoms. The van der Waals surface area contributed by atoms with Gasteiger partial charge in [0.25, 0.3) is 0 Å². The van der Waals surface area contributed by atoms with Crippen LogP contribution in [0.5, 0.6) is 5.75 Å². The maximum absolute atomic E-state index is 12.1. The molecular weight excluding hydrogens is 346 g/mol. The van der Waals surface area contributed by atoms with E-state index >= 15 is 0 Å². The molecule has 1 aliphatic rings. The number of hydrogen-bond donors (Lipinski definition) is 1. The maximum atomic E-state index is 12.1. The molecule has 1 aliphatic heterocycles. The zero-order valence-electron chi connectivity index (χ0n) is 14.2. The van der Waals surface area contributed by atoms with E-state index in [1.165, 1.54) is 0 Å². The summed E-state index contributed by atoms with van der Waals surface area (Å²) in [7, 11) is -1.60. The van der Waals surface area contributed by atoms with Gasteiger partial charge in [0.05, 0.1) is 22.6 Å². The van der Waals surface area contributed by atoms with Crippen molar-refractivity contribution in [3.8, 4) is 5.75 Å². The largest absolute Gasteiger partial charge is 0.497 e. The molecule has 1 saturated heterocycles. The topological polar surface area (TPSA) is 71.5 Å². The molecule has 0 radical (unpaired) electrons. The van der Waals surface area contributed by atoms with Crippen LogP contribution in [0.1, 0.15) is 26.7 Å². The predicted molar refractivity (Wildman–Crippen MR) is 98.6 cm³/mol. The molecule has 0 aliphatic carbocycles. The van der Waals surface area contributed by atoms with Gasteiger partial charge in [-0.3, -0.25) is 0 Å². The van der Waals surface area contributed by atoms with Crippen LogP contribution in [0.25, 0.3) is 10.2 Å². The molecule has 1 aromatic heterocycles. The average Bonchev–Trinajstić information content (AvgIpc) is 2.97. The molecule has 24 heavy (non-hydrogen) atoms. The van der Waals surface area contributed by atoms with Gasteiger partial charge in [0.15, 0.2) is 5.13 Å². The number of aromatic nitrogens is 1. The third-order valence-corrected chi connectivity index (χ3v) is 7.23. The molecule has 3 rings (SSSR count). The Hall–Kier alpha value is -1.38. The first kappa shape index (κ1) is 17.4. The van der Waals surface area contributed by atoms with E-state index in [0.29, 0.717) is 6.54 Å². The van der Waals surface area contributed by atoms with E-state index in [2.05, 4.69) is 9.62 Å². The lowest BCUT2D eigenvalue weighted by molar-refractivity contribution is 0.415. The van der Waals surface area contributed by atoms with Gasteiger partial charge in [-0.25, -0.2) is 18.1 Å². The minimum Gasteiger partial charge on any atom is -0.497 e. The molecule has 1 aromatic carbocycles. The number of piperidine rings is 1. The summed E-state index contributed by atoms with van der Waals surface area (Å²) >= 11 is 1.63. The molecule has 1 fully saturated rings. The van der Waals surface area contributed by atoms with Gasteiger partial charge < -0.3 is 9.64 Å². The van der Waals surface area contributed by atoms with Crippen LogP contribution in [0.4, 0.5) is 5.13 Å². The van der Waals surface area contributed by atoms with Gasteiger partial charge in [-0.05, 0) is 38.8 Å². The number of nitrogens with one attached hydrogen (secondary N) is 1. The molecular formula is C16H23N3O3S2. The van der Waals surface area contributed by atoms with Gasteiger partial charge in [-0.15, -0.1) is 0 Å². The molecule has 0 bridgehead atoms. The SMILES string of the molecule is COc1ccc2sc(N3CCCC(NS(=O)(=O)C(C)C)C3)nc2c1. The van der Waals surface area contributed by atoms with E-state index in [0.717, 1.165) is 40.5 Å². The Bertz CT molecular complexity index is 817. The van der Waals surface area contributed by atoms with Gasteiger partial charge in [-0.2, -0.15) is 0 Å². The van der Waals surface area contributed by atoms with E-state index in [-0.39, 0.29) is 6.04 Å². The van der Waals surface area contributed by atoms with Crippen molar-refractivity contribution in [3.05, 3.63) is 18.2 Å². The first-order valence-electron chi connectivity index (χ1n) is 8.09. The smallest absolute Gasteiger partial charge is 0.214 e. The molecule has 2 aromatic rings. The summed E-state index contributed by atoms with van der Waals surface area (Å²) in [4.78, 5) is 6.87. The Morgan fingerprint density at radius 3 is 2.92 bits per heavy atom. The molecule has 1 atom stereocenters. The fourth-order valence-electron chi connectivity index (χ4n) is 2.77. The number of methoxy groups -OCH3 is 1. The Morgan fingerprint density at radius 1 is 1.42 bits per heavy atom. The fraction of sp³-hybridized carbons (Fsp3) is 0.562. The summed E-state index contributed by atoms with van der Waals surface area (Å²) in [6.07, 6.45) is 1.81. The highest BCUT2D eigenvalue weighted by Gasteiger charge is 2.27. The molecule has 1 unspecified atom stereocenters. The number of sulfonamides is 1. The highest BCUT2D eigenvalue weighted by atomic mass is 32.2. The third kappa shape index (κ3) is 3.65. The lowest BCUT2D eigenvalue weighted by Crippen LogP contribution is -2.49. The summed E-state index contributed by atoms with van der Waals surface area (Å²) in [5.41, 5.74) is 0.916. The van der Waals surface area contributed by atoms with Crippen molar-refractivity contribution in [1.82, 2.24) is 9.71 Å². The summed E-state index contributed by atoms with van der Waals surface area (Å²) in [6.45, 7) is 4.95. The van der Waals surface area contributed by atoms with Gasteiger partial charge in [0.1, 0.15) is 5.75 Å². The van der Waals surface area contributed by atoms with Crippen molar-refractivity contribution in [3.63, 3.8) is 0 Å². The zero-order valence-corrected chi connectivity index (χ0v) is 15.8. The Morgan fingerprint density at radius 2 is 2.21 bits per heavy atom. The number of thiazole rings is 1. The highest BCUT2D eigenvalue weighted by molar-refractivity contribution is 7.90. The minimum atomic E-state index is -3.25. The van der Waals surface area contributed by atoms with E-state index in [9.17, 15) is 8.42 Å². The standard InChI is InChI=1S/C16H23N3O3S2/c1-11(2)24(20,21)18-12-5-4-8-19(10-12)16-17-14-9-13(22-3)6-7-15(14)23-16/h6-7,9,11-12,18H,4-5,8,10H2,1-3H3. The summed E-state index contributed by atoms with van der Waals surface area (Å²) in [5.74, 6) is 0.792. The van der Waals surface area contributed by atoms with Crippen molar-refractivity contribution >= 4 is 36.7 Å². The predicted octanol–water partition coefficient (Wildman–Crippen LogP) is 2.60. The van der Waals surface area contributed by atoms with Gasteiger partial charge in [0, 0.05) is 25.2 Å². The van der Waals surface area contributed by atoms with Gasteiger partial charge in [0.2, 0.25) is 10.0 Å². The van der Waals surface area contributed by atoms with E-state index in [1.54, 1.807) is 32.3 Å². The molecule has 132 valence electrons. The van der Waals surface area contributed by atoms with Crippen LogP contribution < -0.4 is 14.4 Å². The molecule has 2 heterocycles. The van der Waals surface area contributed by atoms with Crippen molar-refractivity contribution in [2.24, 2.45) is 0 Å². The Kier molecular flexibility index (Phi) is 4.98. The first-order valence-corrected chi connectivity index (χ1v) is 10.5. The second-order valence-corrected chi connectivity index (χ2v) is 9.60. The number of fused-ring (bicyclic) bond motifs is 1. The van der Waals surface area contributed by atoms with Gasteiger partial charge in [-0.1, -0.05) is 11.3 Å². The van der Waals surface area contributed by atoms with E-state index < -0.39 is 15.3 Å². The number of rotatable bonds is 5. The number of nitrogens with zero attached hydrogens (tertiary/aromatic N) is 2. The number of benzene rings is 1. The number of hydrogen-bond acceptors (Lipinski definition) is 6. The summed E-state index contributed by atoms with van der Waals surface area (Å²) in [5, 5.41) is 0.523. The van der Waals surface area contributed by atoms with Gasteiger partial charge >= 0.3 is 0 Å². The van der Waals surface area contributed by atoms with E-state index in [4.69, 9.17) is 9.72 Å². The van der Waals surface area contributed by atoms with E-state index in [1.807, 2.05) is 18.2 Å². The highest BCUT2D eigenvalue weighted by Crippen LogP contribution is 2.32.